The Bertz CT molecular complexity index is 1750. The summed E-state index contributed by atoms with van der Waals surface area (Å²) in [5, 5.41) is 6.60. The molecule has 2 amide bonds. The molecule has 4 aromatic rings. The topological polar surface area (TPSA) is 146 Å². The quantitative estimate of drug-likeness (QED) is 0.299. The number of amides is 2. The van der Waals surface area contributed by atoms with E-state index in [0.717, 1.165) is 16.0 Å². The average Bonchev–Trinajstić information content (AvgIpc) is 3.18. The maximum atomic E-state index is 13.1. The smallest absolute Gasteiger partial charge is 0.261 e. The van der Waals surface area contributed by atoms with Gasteiger partial charge in [0.1, 0.15) is 5.02 Å². The van der Waals surface area contributed by atoms with Crippen LogP contribution in [0.2, 0.25) is 5.02 Å². The lowest BCUT2D eigenvalue weighted by molar-refractivity contribution is 0.0664. The maximum absolute atomic E-state index is 13.1. The zero-order valence-electron chi connectivity index (χ0n) is 20.9. The molecular formula is C27H22ClN7O4S. The summed E-state index contributed by atoms with van der Waals surface area (Å²) in [5.74, 6) is -0.729. The van der Waals surface area contributed by atoms with Crippen molar-refractivity contribution in [1.29, 1.82) is 0 Å². The van der Waals surface area contributed by atoms with Crippen LogP contribution < -0.4 is 15.4 Å². The molecule has 13 heteroatoms. The number of rotatable bonds is 5. The van der Waals surface area contributed by atoms with E-state index < -0.39 is 27.6 Å². The molecule has 0 aliphatic carbocycles. The van der Waals surface area contributed by atoms with Crippen LogP contribution in [0.1, 0.15) is 31.8 Å². The minimum atomic E-state index is -3.92. The molecule has 2 aliphatic heterocycles. The van der Waals surface area contributed by atoms with E-state index in [1.165, 1.54) is 6.20 Å². The molecular weight excluding hydrogens is 554 g/mol. The number of nitrogens with one attached hydrogen (secondary N) is 3. The van der Waals surface area contributed by atoms with Crippen LogP contribution in [-0.2, 0) is 22.9 Å². The van der Waals surface area contributed by atoms with Gasteiger partial charge in [0, 0.05) is 18.4 Å². The summed E-state index contributed by atoms with van der Waals surface area (Å²) in [7, 11) is -3.92. The normalized spacial score (nSPS) is 14.3. The fraction of sp³-hybridized carbons (Fsp3) is 0.148. The minimum Gasteiger partial charge on any atom is -0.339 e. The molecule has 2 aromatic heterocycles. The third-order valence-electron chi connectivity index (χ3n) is 6.57. The molecule has 0 atom stereocenters. The fourth-order valence-corrected chi connectivity index (χ4v) is 5.80. The van der Waals surface area contributed by atoms with Crippen LogP contribution in [-0.4, -0.2) is 52.4 Å². The second-order valence-corrected chi connectivity index (χ2v) is 11.6. The maximum Gasteiger partial charge on any atom is 0.261 e. The SMILES string of the molecule is O=C1c2ccccc2C(=O)N1CCS(=O)(=O)Nc1ccc2cc1CCc1cncc(c1)Nc1ncc(Cl)c(n1)N2. The number of pyridine rings is 1. The average molecular weight is 576 g/mol. The van der Waals surface area contributed by atoms with Gasteiger partial charge in [-0.05, 0) is 60.4 Å². The molecule has 0 saturated carbocycles. The van der Waals surface area contributed by atoms with Crippen LogP contribution in [0.15, 0.2) is 67.1 Å². The summed E-state index contributed by atoms with van der Waals surface area (Å²) < 4.78 is 28.9. The predicted molar refractivity (Wildman–Crippen MR) is 151 cm³/mol. The number of aryl methyl sites for hydroxylation is 2. The van der Waals surface area contributed by atoms with Gasteiger partial charge >= 0.3 is 0 Å². The molecule has 0 fully saturated rings. The van der Waals surface area contributed by atoms with Crippen LogP contribution in [0.3, 0.4) is 0 Å². The van der Waals surface area contributed by atoms with Crippen LogP contribution in [0.25, 0.3) is 0 Å². The molecule has 2 aliphatic rings. The second kappa shape index (κ2) is 10.2. The van der Waals surface area contributed by atoms with E-state index in [1.54, 1.807) is 48.8 Å². The molecule has 0 unspecified atom stereocenters. The fourth-order valence-electron chi connectivity index (χ4n) is 4.60. The number of imide groups is 1. The van der Waals surface area contributed by atoms with Crippen molar-refractivity contribution in [2.75, 3.05) is 27.7 Å². The van der Waals surface area contributed by atoms with Crippen molar-refractivity contribution in [2.24, 2.45) is 0 Å². The standard InChI is InChI=1S/C27H22ClN7O4S/c28-22-15-30-27-32-19-11-16(13-29-14-19)5-6-17-12-18(31-24(22)33-27)7-8-23(17)34-40(38,39)10-9-35-25(36)20-3-1-2-4-21(20)26(35)37/h1-4,7-8,11-15,34H,5-6,9-10H2,(H2,30,31,32,33). The molecule has 4 heterocycles. The summed E-state index contributed by atoms with van der Waals surface area (Å²) >= 11 is 6.32. The van der Waals surface area contributed by atoms with Gasteiger partial charge in [-0.15, -0.1) is 0 Å². The number of anilines is 5. The molecule has 0 radical (unpaired) electrons. The Balaban J connectivity index is 1.25. The lowest BCUT2D eigenvalue weighted by Crippen LogP contribution is -2.35. The van der Waals surface area contributed by atoms with E-state index in [0.29, 0.717) is 46.7 Å². The Morgan fingerprint density at radius 3 is 2.48 bits per heavy atom. The number of carbonyl (C=O) groups is 2. The Hall–Kier alpha value is -4.55. The van der Waals surface area contributed by atoms with Crippen LogP contribution in [0.4, 0.5) is 28.8 Å². The van der Waals surface area contributed by atoms with E-state index in [2.05, 4.69) is 30.3 Å². The Morgan fingerprint density at radius 2 is 1.70 bits per heavy atom. The number of sulfonamides is 1. The molecule has 3 N–H and O–H groups in total. The second-order valence-electron chi connectivity index (χ2n) is 9.32. The molecule has 40 heavy (non-hydrogen) atoms. The highest BCUT2D eigenvalue weighted by Crippen LogP contribution is 2.30. The molecule has 2 aromatic carbocycles. The van der Waals surface area contributed by atoms with Crippen molar-refractivity contribution < 1.29 is 18.0 Å². The predicted octanol–water partition coefficient (Wildman–Crippen LogP) is 4.15. The first-order valence-electron chi connectivity index (χ1n) is 12.3. The highest BCUT2D eigenvalue weighted by Gasteiger charge is 2.35. The molecule has 202 valence electrons. The van der Waals surface area contributed by atoms with Gasteiger partial charge in [-0.1, -0.05) is 23.7 Å². The van der Waals surface area contributed by atoms with Gasteiger partial charge in [-0.3, -0.25) is 24.2 Å². The van der Waals surface area contributed by atoms with Gasteiger partial charge < -0.3 is 10.6 Å². The van der Waals surface area contributed by atoms with E-state index >= 15 is 0 Å². The number of hydrogen-bond acceptors (Lipinski definition) is 9. The minimum absolute atomic E-state index is 0.267. The summed E-state index contributed by atoms with van der Waals surface area (Å²) in [6, 6.07) is 13.5. The first-order chi connectivity index (χ1) is 19.3. The van der Waals surface area contributed by atoms with Crippen LogP contribution >= 0.6 is 11.6 Å². The Kier molecular flexibility index (Phi) is 6.56. The number of hydrogen-bond donors (Lipinski definition) is 3. The Morgan fingerprint density at radius 1 is 0.925 bits per heavy atom. The van der Waals surface area contributed by atoms with E-state index in [1.807, 2.05) is 12.1 Å². The van der Waals surface area contributed by atoms with Gasteiger partial charge in [-0.25, -0.2) is 13.4 Å². The summed E-state index contributed by atoms with van der Waals surface area (Å²) in [6.07, 6.45) is 5.95. The molecule has 11 nitrogen and oxygen atoms in total. The van der Waals surface area contributed by atoms with Crippen molar-refractivity contribution in [3.05, 3.63) is 94.4 Å². The number of fused-ring (bicyclic) bond motifs is 7. The summed E-state index contributed by atoms with van der Waals surface area (Å²) in [4.78, 5) is 39.2. The highest BCUT2D eigenvalue weighted by atomic mass is 35.5. The number of halogens is 1. The summed E-state index contributed by atoms with van der Waals surface area (Å²) in [5.41, 5.74) is 3.94. The first kappa shape index (κ1) is 25.7. The molecule has 0 spiro atoms. The van der Waals surface area contributed by atoms with Gasteiger partial charge in [0.05, 0.1) is 40.6 Å². The lowest BCUT2D eigenvalue weighted by Gasteiger charge is -2.17. The van der Waals surface area contributed by atoms with Crippen LogP contribution in [0, 0.1) is 0 Å². The molecule has 0 saturated heterocycles. The lowest BCUT2D eigenvalue weighted by atomic mass is 10.0. The number of carbonyl (C=O) groups excluding carboxylic acids is 2. The van der Waals surface area contributed by atoms with E-state index in [9.17, 15) is 18.0 Å². The van der Waals surface area contributed by atoms with Gasteiger partial charge in [0.25, 0.3) is 11.8 Å². The third-order valence-corrected chi connectivity index (χ3v) is 8.10. The zero-order valence-corrected chi connectivity index (χ0v) is 22.5. The number of aromatic nitrogens is 3. The number of nitrogens with zero attached hydrogens (tertiary/aromatic N) is 4. The number of benzene rings is 2. The van der Waals surface area contributed by atoms with Crippen molar-refractivity contribution in [3.8, 4) is 0 Å². The van der Waals surface area contributed by atoms with Crippen LogP contribution in [0.5, 0.6) is 0 Å². The van der Waals surface area contributed by atoms with Crippen molar-refractivity contribution in [2.45, 2.75) is 12.8 Å². The van der Waals surface area contributed by atoms with E-state index in [-0.39, 0.29) is 17.7 Å². The van der Waals surface area contributed by atoms with Crippen molar-refractivity contribution >= 4 is 62.3 Å². The molecule has 6 rings (SSSR count). The first-order valence-corrected chi connectivity index (χ1v) is 14.4. The van der Waals surface area contributed by atoms with Gasteiger partial charge in [-0.2, -0.15) is 4.98 Å². The van der Waals surface area contributed by atoms with E-state index in [4.69, 9.17) is 11.6 Å². The Labute approximate surface area is 234 Å². The monoisotopic (exact) mass is 575 g/mol. The van der Waals surface area contributed by atoms with Crippen molar-refractivity contribution in [3.63, 3.8) is 0 Å². The van der Waals surface area contributed by atoms with Gasteiger partial charge in [0.15, 0.2) is 5.82 Å². The van der Waals surface area contributed by atoms with Crippen molar-refractivity contribution in [1.82, 2.24) is 19.9 Å². The largest absolute Gasteiger partial charge is 0.339 e. The highest BCUT2D eigenvalue weighted by molar-refractivity contribution is 7.92. The summed E-state index contributed by atoms with van der Waals surface area (Å²) in [6.45, 7) is -0.267. The third kappa shape index (κ3) is 5.18. The van der Waals surface area contributed by atoms with Gasteiger partial charge in [0.2, 0.25) is 16.0 Å². The zero-order chi connectivity index (χ0) is 27.9. The molecule has 6 bridgehead atoms.